The Bertz CT molecular complexity index is 638. The van der Waals surface area contributed by atoms with Crippen LogP contribution in [-0.4, -0.2) is 18.4 Å². The quantitative estimate of drug-likeness (QED) is 0.862. The molecule has 0 aliphatic carbocycles. The van der Waals surface area contributed by atoms with Gasteiger partial charge in [0, 0.05) is 11.8 Å². The molecule has 20 heavy (non-hydrogen) atoms. The van der Waals surface area contributed by atoms with Crippen molar-refractivity contribution in [3.05, 3.63) is 34.3 Å². The number of halogens is 4. The van der Waals surface area contributed by atoms with Crippen molar-refractivity contribution in [3.63, 3.8) is 0 Å². The number of phenols is 1. The second-order valence-electron chi connectivity index (χ2n) is 4.40. The third-order valence-corrected chi connectivity index (χ3v) is 3.90. The maximum atomic E-state index is 12.3. The summed E-state index contributed by atoms with van der Waals surface area (Å²) in [4.78, 5) is 0. The van der Waals surface area contributed by atoms with Crippen LogP contribution in [0.15, 0.2) is 28.7 Å². The lowest BCUT2D eigenvalue weighted by atomic mass is 10.0. The normalized spacial score (nSPS) is 11.8. The Kier molecular flexibility index (Phi) is 4.13. The number of ether oxygens (including phenoxy) is 1. The van der Waals surface area contributed by atoms with Gasteiger partial charge in [-0.3, -0.25) is 0 Å². The largest absolute Gasteiger partial charge is 0.506 e. The van der Waals surface area contributed by atoms with Gasteiger partial charge in [0.2, 0.25) is 0 Å². The number of fused-ring (bicyclic) bond motifs is 1. The summed E-state index contributed by atoms with van der Waals surface area (Å²) >= 11 is 3.16. The van der Waals surface area contributed by atoms with Gasteiger partial charge in [-0.15, -0.1) is 0 Å². The number of rotatable bonds is 3. The van der Waals surface area contributed by atoms with Crippen LogP contribution in [0.4, 0.5) is 13.2 Å². The predicted molar refractivity (Wildman–Crippen MR) is 74.2 cm³/mol. The number of hydrogen-bond donors (Lipinski definition) is 1. The SMILES string of the molecule is COc1ccc2c(O)c(Br)c(CCC(F)(F)F)cc2c1. The second-order valence-corrected chi connectivity index (χ2v) is 5.19. The molecule has 0 heterocycles. The van der Waals surface area contributed by atoms with Gasteiger partial charge in [0.05, 0.1) is 11.6 Å². The summed E-state index contributed by atoms with van der Waals surface area (Å²) in [7, 11) is 1.50. The zero-order chi connectivity index (χ0) is 14.9. The van der Waals surface area contributed by atoms with Gasteiger partial charge in [-0.05, 0) is 57.6 Å². The Morgan fingerprint density at radius 1 is 1.25 bits per heavy atom. The zero-order valence-electron chi connectivity index (χ0n) is 10.6. The maximum absolute atomic E-state index is 12.3. The Balaban J connectivity index is 2.47. The molecule has 0 unspecified atom stereocenters. The van der Waals surface area contributed by atoms with E-state index in [1.165, 1.54) is 7.11 Å². The summed E-state index contributed by atoms with van der Waals surface area (Å²) < 4.78 is 42.3. The molecule has 2 aromatic rings. The lowest BCUT2D eigenvalue weighted by molar-refractivity contribution is -0.134. The minimum Gasteiger partial charge on any atom is -0.506 e. The van der Waals surface area contributed by atoms with E-state index in [-0.39, 0.29) is 12.2 Å². The predicted octanol–water partition coefficient (Wildman–Crippen LogP) is 4.81. The Labute approximate surface area is 122 Å². The van der Waals surface area contributed by atoms with E-state index in [4.69, 9.17) is 4.74 Å². The van der Waals surface area contributed by atoms with Crippen molar-refractivity contribution in [3.8, 4) is 11.5 Å². The van der Waals surface area contributed by atoms with Crippen molar-refractivity contribution in [2.45, 2.75) is 19.0 Å². The summed E-state index contributed by atoms with van der Waals surface area (Å²) in [6.45, 7) is 0. The average molecular weight is 349 g/mol. The lowest BCUT2D eigenvalue weighted by Crippen LogP contribution is -2.08. The molecule has 2 nitrogen and oxygen atoms in total. The number of aromatic hydroxyl groups is 1. The minimum atomic E-state index is -4.22. The summed E-state index contributed by atoms with van der Waals surface area (Å²) in [5.74, 6) is 0.531. The third-order valence-electron chi connectivity index (χ3n) is 3.01. The molecule has 0 spiro atoms. The van der Waals surface area contributed by atoms with E-state index in [1.807, 2.05) is 0 Å². The van der Waals surface area contributed by atoms with Crippen molar-refractivity contribution in [2.75, 3.05) is 7.11 Å². The summed E-state index contributed by atoms with van der Waals surface area (Å²) in [6.07, 6.45) is -5.34. The highest BCUT2D eigenvalue weighted by Gasteiger charge is 2.27. The van der Waals surface area contributed by atoms with Gasteiger partial charge in [0.15, 0.2) is 0 Å². The van der Waals surface area contributed by atoms with Crippen molar-refractivity contribution >= 4 is 26.7 Å². The van der Waals surface area contributed by atoms with E-state index < -0.39 is 12.6 Å². The van der Waals surface area contributed by atoms with Crippen LogP contribution in [0.5, 0.6) is 11.5 Å². The molecule has 0 fully saturated rings. The van der Waals surface area contributed by atoms with Gasteiger partial charge >= 0.3 is 6.18 Å². The van der Waals surface area contributed by atoms with Crippen LogP contribution in [-0.2, 0) is 6.42 Å². The second kappa shape index (κ2) is 5.52. The summed E-state index contributed by atoms with van der Waals surface area (Å²) in [5.41, 5.74) is 0.417. The van der Waals surface area contributed by atoms with Gasteiger partial charge in [-0.25, -0.2) is 0 Å². The van der Waals surface area contributed by atoms with Crippen molar-refractivity contribution in [2.24, 2.45) is 0 Å². The number of aryl methyl sites for hydroxylation is 1. The van der Waals surface area contributed by atoms with E-state index in [1.54, 1.807) is 24.3 Å². The molecule has 0 atom stereocenters. The molecule has 0 aromatic heterocycles. The van der Waals surface area contributed by atoms with Crippen LogP contribution in [0, 0.1) is 0 Å². The molecular weight excluding hydrogens is 337 g/mol. The van der Waals surface area contributed by atoms with Crippen LogP contribution in [0.1, 0.15) is 12.0 Å². The first kappa shape index (κ1) is 15.0. The monoisotopic (exact) mass is 348 g/mol. The van der Waals surface area contributed by atoms with E-state index in [9.17, 15) is 18.3 Å². The molecule has 0 saturated carbocycles. The molecule has 0 aliphatic heterocycles. The fraction of sp³-hybridized carbons (Fsp3) is 0.286. The van der Waals surface area contributed by atoms with Crippen molar-refractivity contribution in [1.82, 2.24) is 0 Å². The number of phenolic OH excluding ortho intramolecular Hbond substituents is 1. The van der Waals surface area contributed by atoms with Gasteiger partial charge in [0.25, 0.3) is 0 Å². The van der Waals surface area contributed by atoms with E-state index in [0.29, 0.717) is 26.6 Å². The molecule has 0 bridgehead atoms. The molecule has 108 valence electrons. The van der Waals surface area contributed by atoms with Crippen LogP contribution in [0.3, 0.4) is 0 Å². The van der Waals surface area contributed by atoms with Crippen molar-refractivity contribution in [1.29, 1.82) is 0 Å². The Morgan fingerprint density at radius 3 is 2.55 bits per heavy atom. The topological polar surface area (TPSA) is 29.5 Å². The zero-order valence-corrected chi connectivity index (χ0v) is 12.2. The average Bonchev–Trinajstić information content (AvgIpc) is 2.39. The molecular formula is C14H12BrF3O2. The first-order valence-electron chi connectivity index (χ1n) is 5.86. The molecule has 0 aliphatic rings. The molecule has 6 heteroatoms. The fourth-order valence-electron chi connectivity index (χ4n) is 1.98. The van der Waals surface area contributed by atoms with Gasteiger partial charge in [-0.1, -0.05) is 0 Å². The van der Waals surface area contributed by atoms with Gasteiger partial charge < -0.3 is 9.84 Å². The number of methoxy groups -OCH3 is 1. The molecule has 1 N–H and O–H groups in total. The molecule has 0 amide bonds. The molecule has 0 saturated heterocycles. The first-order valence-corrected chi connectivity index (χ1v) is 6.66. The van der Waals surface area contributed by atoms with Crippen LogP contribution in [0.25, 0.3) is 10.8 Å². The fourth-order valence-corrected chi connectivity index (χ4v) is 2.51. The summed E-state index contributed by atoms with van der Waals surface area (Å²) in [5, 5.41) is 11.3. The Morgan fingerprint density at radius 2 is 1.95 bits per heavy atom. The van der Waals surface area contributed by atoms with E-state index in [0.717, 1.165) is 0 Å². The highest BCUT2D eigenvalue weighted by atomic mass is 79.9. The van der Waals surface area contributed by atoms with Gasteiger partial charge in [0.1, 0.15) is 11.5 Å². The van der Waals surface area contributed by atoms with Crippen LogP contribution >= 0.6 is 15.9 Å². The summed E-state index contributed by atoms with van der Waals surface area (Å²) in [6, 6.07) is 6.66. The minimum absolute atomic E-state index is 0.0534. The molecule has 2 aromatic carbocycles. The van der Waals surface area contributed by atoms with Crippen molar-refractivity contribution < 1.29 is 23.0 Å². The number of alkyl halides is 3. The highest BCUT2D eigenvalue weighted by Crippen LogP contribution is 2.38. The van der Waals surface area contributed by atoms with Crippen LogP contribution in [0.2, 0.25) is 0 Å². The third kappa shape index (κ3) is 3.17. The lowest BCUT2D eigenvalue weighted by Gasteiger charge is -2.12. The number of hydrogen-bond acceptors (Lipinski definition) is 2. The highest BCUT2D eigenvalue weighted by molar-refractivity contribution is 9.10. The number of benzene rings is 2. The first-order chi connectivity index (χ1) is 9.31. The Hall–Kier alpha value is -1.43. The van der Waals surface area contributed by atoms with E-state index in [2.05, 4.69) is 15.9 Å². The smallest absolute Gasteiger partial charge is 0.389 e. The van der Waals surface area contributed by atoms with Crippen LogP contribution < -0.4 is 4.74 Å². The van der Waals surface area contributed by atoms with Gasteiger partial charge in [-0.2, -0.15) is 13.2 Å². The van der Waals surface area contributed by atoms with E-state index >= 15 is 0 Å². The standard InChI is InChI=1S/C14H12BrF3O2/c1-20-10-2-3-11-9(7-10)6-8(12(15)13(11)19)4-5-14(16,17)18/h2-3,6-7,19H,4-5H2,1H3. The molecule has 0 radical (unpaired) electrons. The maximum Gasteiger partial charge on any atom is 0.389 e. The molecule has 2 rings (SSSR count).